The Morgan fingerprint density at radius 2 is 1.00 bits per heavy atom. The van der Waals surface area contributed by atoms with E-state index in [0.29, 0.717) is 11.7 Å². The molecule has 0 fully saturated rings. The van der Waals surface area contributed by atoms with Gasteiger partial charge in [0.1, 0.15) is 22.7 Å². The predicted molar refractivity (Wildman–Crippen MR) is 68.1 cm³/mol. The molecule has 0 aliphatic carbocycles. The molecule has 0 saturated carbocycles. The van der Waals surface area contributed by atoms with E-state index in [-0.39, 0.29) is 0 Å². The molecule has 0 spiro atoms. The van der Waals surface area contributed by atoms with Gasteiger partial charge in [-0.1, -0.05) is 0 Å². The molecule has 6 heteroatoms. The van der Waals surface area contributed by atoms with E-state index in [4.69, 9.17) is 11.5 Å². The first-order chi connectivity index (χ1) is 7.17. The average molecular weight is 226 g/mol. The predicted octanol–water partition coefficient (Wildman–Crippen LogP) is 0.970. The molecule has 0 aromatic carbocycles. The molecule has 92 valence electrons. The SMILES string of the molecule is CN=C(N)C(C)(C)N=NC(C)(C)C(N)=NC. The Balaban J connectivity index is 4.99. The number of aliphatic imine (C=N–C) groups is 2. The lowest BCUT2D eigenvalue weighted by Gasteiger charge is -2.22. The van der Waals surface area contributed by atoms with Crippen LogP contribution in [0.4, 0.5) is 0 Å². The van der Waals surface area contributed by atoms with Gasteiger partial charge < -0.3 is 11.5 Å². The Kier molecular flexibility index (Phi) is 4.59. The molecule has 0 aliphatic heterocycles. The third kappa shape index (κ3) is 3.60. The van der Waals surface area contributed by atoms with Crippen molar-refractivity contribution < 1.29 is 0 Å². The molecule has 16 heavy (non-hydrogen) atoms. The summed E-state index contributed by atoms with van der Waals surface area (Å²) >= 11 is 0. The van der Waals surface area contributed by atoms with Crippen molar-refractivity contribution in [2.45, 2.75) is 38.8 Å². The second kappa shape index (κ2) is 5.05. The summed E-state index contributed by atoms with van der Waals surface area (Å²) in [6.07, 6.45) is 0. The number of hydrogen-bond donors (Lipinski definition) is 2. The summed E-state index contributed by atoms with van der Waals surface area (Å²) < 4.78 is 0. The van der Waals surface area contributed by atoms with Gasteiger partial charge in [0.2, 0.25) is 0 Å². The summed E-state index contributed by atoms with van der Waals surface area (Å²) in [5, 5.41) is 8.35. The smallest absolute Gasteiger partial charge is 0.132 e. The maximum Gasteiger partial charge on any atom is 0.132 e. The zero-order chi connectivity index (χ0) is 13.0. The molecule has 0 rings (SSSR count). The highest BCUT2D eigenvalue weighted by molar-refractivity contribution is 5.90. The molecule has 6 nitrogen and oxygen atoms in total. The lowest BCUT2D eigenvalue weighted by atomic mass is 10.0. The lowest BCUT2D eigenvalue weighted by Crippen LogP contribution is -2.39. The summed E-state index contributed by atoms with van der Waals surface area (Å²) in [7, 11) is 3.25. The molecule has 0 saturated heterocycles. The monoisotopic (exact) mass is 226 g/mol. The van der Waals surface area contributed by atoms with Crippen molar-refractivity contribution in [3.8, 4) is 0 Å². The normalized spacial score (nSPS) is 15.9. The number of rotatable bonds is 4. The first-order valence-corrected chi connectivity index (χ1v) is 5.07. The van der Waals surface area contributed by atoms with Gasteiger partial charge in [-0.2, -0.15) is 10.2 Å². The minimum Gasteiger partial charge on any atom is -0.385 e. The first kappa shape index (κ1) is 14.5. The van der Waals surface area contributed by atoms with Crippen LogP contribution in [0.2, 0.25) is 0 Å². The van der Waals surface area contributed by atoms with Gasteiger partial charge in [-0.25, -0.2) is 0 Å². The fourth-order valence-corrected chi connectivity index (χ4v) is 0.900. The van der Waals surface area contributed by atoms with Crippen molar-refractivity contribution in [3.63, 3.8) is 0 Å². The largest absolute Gasteiger partial charge is 0.385 e. The van der Waals surface area contributed by atoms with Crippen LogP contribution in [-0.4, -0.2) is 36.8 Å². The van der Waals surface area contributed by atoms with E-state index in [0.717, 1.165) is 0 Å². The van der Waals surface area contributed by atoms with Gasteiger partial charge in [0.15, 0.2) is 0 Å². The number of azo groups is 1. The second-order valence-corrected chi connectivity index (χ2v) is 4.54. The third-order valence-corrected chi connectivity index (χ3v) is 2.29. The Hall–Kier alpha value is -1.46. The molecule has 0 radical (unpaired) electrons. The minimum absolute atomic E-state index is 0.430. The Morgan fingerprint density at radius 1 is 0.750 bits per heavy atom. The van der Waals surface area contributed by atoms with E-state index in [2.05, 4.69) is 20.2 Å². The lowest BCUT2D eigenvalue weighted by molar-refractivity contribution is 0.559. The molecule has 0 aromatic heterocycles. The van der Waals surface area contributed by atoms with E-state index in [9.17, 15) is 0 Å². The minimum atomic E-state index is -0.625. The van der Waals surface area contributed by atoms with Crippen molar-refractivity contribution in [2.24, 2.45) is 31.7 Å². The van der Waals surface area contributed by atoms with E-state index in [1.165, 1.54) is 0 Å². The van der Waals surface area contributed by atoms with Crippen LogP contribution in [-0.2, 0) is 0 Å². The summed E-state index contributed by atoms with van der Waals surface area (Å²) in [4.78, 5) is 7.81. The van der Waals surface area contributed by atoms with Gasteiger partial charge in [0, 0.05) is 14.1 Å². The van der Waals surface area contributed by atoms with E-state index in [1.807, 2.05) is 27.7 Å². The topological polar surface area (TPSA) is 101 Å². The fourth-order valence-electron chi connectivity index (χ4n) is 0.900. The van der Waals surface area contributed by atoms with Gasteiger partial charge in [0.05, 0.1) is 0 Å². The quantitative estimate of drug-likeness (QED) is 0.424. The summed E-state index contributed by atoms with van der Waals surface area (Å²) in [5.74, 6) is 0.859. The average Bonchev–Trinajstić information content (AvgIpc) is 2.24. The van der Waals surface area contributed by atoms with Crippen molar-refractivity contribution >= 4 is 11.7 Å². The van der Waals surface area contributed by atoms with E-state index >= 15 is 0 Å². The maximum atomic E-state index is 5.72. The van der Waals surface area contributed by atoms with Gasteiger partial charge in [-0.15, -0.1) is 0 Å². The molecule has 0 aromatic rings. The second-order valence-electron chi connectivity index (χ2n) is 4.54. The van der Waals surface area contributed by atoms with Crippen LogP contribution in [0, 0.1) is 0 Å². The molecule has 4 N–H and O–H groups in total. The summed E-state index contributed by atoms with van der Waals surface area (Å²) in [6.45, 7) is 7.37. The van der Waals surface area contributed by atoms with Crippen molar-refractivity contribution in [1.29, 1.82) is 0 Å². The van der Waals surface area contributed by atoms with Crippen molar-refractivity contribution in [3.05, 3.63) is 0 Å². The summed E-state index contributed by atoms with van der Waals surface area (Å²) in [6, 6.07) is 0. The van der Waals surface area contributed by atoms with Gasteiger partial charge >= 0.3 is 0 Å². The number of hydrogen-bond acceptors (Lipinski definition) is 4. The Labute approximate surface area is 96.9 Å². The number of nitrogens with two attached hydrogens (primary N) is 2. The maximum absolute atomic E-state index is 5.72. The van der Waals surface area contributed by atoms with Gasteiger partial charge in [-0.05, 0) is 27.7 Å². The Morgan fingerprint density at radius 3 is 1.19 bits per heavy atom. The third-order valence-electron chi connectivity index (χ3n) is 2.29. The molecule has 0 bridgehead atoms. The zero-order valence-corrected chi connectivity index (χ0v) is 10.9. The molecule has 0 heterocycles. The number of nitrogens with zero attached hydrogens (tertiary/aromatic N) is 4. The first-order valence-electron chi connectivity index (χ1n) is 5.07. The fraction of sp³-hybridized carbons (Fsp3) is 0.800. The highest BCUT2D eigenvalue weighted by Gasteiger charge is 2.26. The molecule has 0 amide bonds. The number of amidine groups is 2. The van der Waals surface area contributed by atoms with E-state index < -0.39 is 11.1 Å². The summed E-state index contributed by atoms with van der Waals surface area (Å²) in [5.41, 5.74) is 10.2. The highest BCUT2D eigenvalue weighted by atomic mass is 15.2. The molecular formula is C10H22N6. The molecular weight excluding hydrogens is 204 g/mol. The highest BCUT2D eigenvalue weighted by Crippen LogP contribution is 2.16. The van der Waals surface area contributed by atoms with Gasteiger partial charge in [0.25, 0.3) is 0 Å². The van der Waals surface area contributed by atoms with E-state index in [1.54, 1.807) is 14.1 Å². The molecule has 0 atom stereocenters. The van der Waals surface area contributed by atoms with Crippen LogP contribution < -0.4 is 11.5 Å². The zero-order valence-electron chi connectivity index (χ0n) is 10.9. The van der Waals surface area contributed by atoms with Crippen LogP contribution >= 0.6 is 0 Å². The van der Waals surface area contributed by atoms with Crippen molar-refractivity contribution in [1.82, 2.24) is 0 Å². The molecule has 0 aliphatic rings. The van der Waals surface area contributed by atoms with Crippen molar-refractivity contribution in [2.75, 3.05) is 14.1 Å². The van der Waals surface area contributed by atoms with Crippen LogP contribution in [0.25, 0.3) is 0 Å². The van der Waals surface area contributed by atoms with Crippen LogP contribution in [0.15, 0.2) is 20.2 Å². The van der Waals surface area contributed by atoms with Crippen LogP contribution in [0.5, 0.6) is 0 Å². The van der Waals surface area contributed by atoms with Crippen LogP contribution in [0.1, 0.15) is 27.7 Å². The van der Waals surface area contributed by atoms with Crippen LogP contribution in [0.3, 0.4) is 0 Å². The standard InChI is InChI=1S/C10H22N6/c1-9(2,7(11)13-5)15-16-10(3,4)8(12)14-6/h1-6H3,(H2,11,13)(H2,12,14). The van der Waals surface area contributed by atoms with Gasteiger partial charge in [-0.3, -0.25) is 9.98 Å². The Bertz CT molecular complexity index is 292. The molecule has 0 unspecified atom stereocenters.